The van der Waals surface area contributed by atoms with Gasteiger partial charge in [-0.15, -0.1) is 0 Å². The number of carbonyl (C=O) groups excluding carboxylic acids is 1. The van der Waals surface area contributed by atoms with Crippen LogP contribution in [0.5, 0.6) is 0 Å². The van der Waals surface area contributed by atoms with Gasteiger partial charge in [-0.3, -0.25) is 14.7 Å². The van der Waals surface area contributed by atoms with E-state index in [1.54, 1.807) is 12.1 Å². The number of nitrogens with zero attached hydrogens (tertiary/aromatic N) is 2. The summed E-state index contributed by atoms with van der Waals surface area (Å²) in [5, 5.41) is 13.3. The van der Waals surface area contributed by atoms with E-state index in [0.717, 1.165) is 19.4 Å². The Morgan fingerprint density at radius 1 is 0.930 bits per heavy atom. The van der Waals surface area contributed by atoms with Crippen LogP contribution >= 0.6 is 0 Å². The minimum absolute atomic E-state index is 0.0213. The fourth-order valence-electron chi connectivity index (χ4n) is 5.59. The highest BCUT2D eigenvalue weighted by atomic mass is 19.1. The molecule has 2 atom stereocenters. The van der Waals surface area contributed by atoms with Crippen molar-refractivity contribution in [3.63, 3.8) is 0 Å². The van der Waals surface area contributed by atoms with Crippen LogP contribution in [0.2, 0.25) is 0 Å². The number of likely N-dealkylation sites (tertiary alicyclic amines) is 1. The second-order valence-corrected chi connectivity index (χ2v) is 11.1. The number of hydrogen-bond acceptors (Lipinski definition) is 4. The molecule has 4 aromatic rings. The molecular formula is C36H36FN3O3. The average molecular weight is 578 g/mol. The molecule has 0 aliphatic carbocycles. The standard InChI is InChI=1S/C36H36FN3O3/c1-24-17-18-27(20-25(24)2)23-40-19-9-16-33(40)35(41)39-31-15-7-6-14-30(31)34(28-11-4-3-5-12-28)38-32(36(42)43)22-26-10-8-13-29(37)21-26/h3-8,10-15,17-18,20-21,32-33H,9,16,19,22-23H2,1-2H3,(H,39,41)(H,42,43)/t32-,33-/m0/s1. The zero-order valence-electron chi connectivity index (χ0n) is 24.5. The Morgan fingerprint density at radius 3 is 2.44 bits per heavy atom. The molecule has 220 valence electrons. The Hall–Kier alpha value is -4.62. The van der Waals surface area contributed by atoms with Gasteiger partial charge in [0.05, 0.1) is 17.4 Å². The molecule has 0 radical (unpaired) electrons. The van der Waals surface area contributed by atoms with Gasteiger partial charge in [-0.2, -0.15) is 0 Å². The first kappa shape index (κ1) is 29.9. The number of carboxylic acids is 1. The lowest BCUT2D eigenvalue weighted by molar-refractivity contribution is -0.138. The number of aryl methyl sites for hydroxylation is 2. The van der Waals surface area contributed by atoms with Gasteiger partial charge in [0, 0.05) is 24.1 Å². The van der Waals surface area contributed by atoms with E-state index in [2.05, 4.69) is 42.3 Å². The summed E-state index contributed by atoms with van der Waals surface area (Å²) in [6.45, 7) is 5.72. The van der Waals surface area contributed by atoms with Crippen molar-refractivity contribution in [2.45, 2.75) is 51.7 Å². The van der Waals surface area contributed by atoms with E-state index >= 15 is 0 Å². The molecule has 7 heteroatoms. The summed E-state index contributed by atoms with van der Waals surface area (Å²) >= 11 is 0. The number of amides is 1. The highest BCUT2D eigenvalue weighted by Gasteiger charge is 2.31. The summed E-state index contributed by atoms with van der Waals surface area (Å²) in [5.41, 5.74) is 6.53. The van der Waals surface area contributed by atoms with Crippen LogP contribution in [0.25, 0.3) is 0 Å². The van der Waals surface area contributed by atoms with Crippen LogP contribution in [0.3, 0.4) is 0 Å². The summed E-state index contributed by atoms with van der Waals surface area (Å²) in [6, 6.07) is 27.5. The highest BCUT2D eigenvalue weighted by Crippen LogP contribution is 2.26. The summed E-state index contributed by atoms with van der Waals surface area (Å²) in [4.78, 5) is 33.0. The van der Waals surface area contributed by atoms with E-state index in [-0.39, 0.29) is 18.4 Å². The SMILES string of the molecule is Cc1ccc(CN2CCC[C@H]2C(=O)Nc2ccccc2C(=N[C@@H](Cc2cccc(F)c2)C(=O)O)c2ccccc2)cc1C. The highest BCUT2D eigenvalue weighted by molar-refractivity contribution is 6.17. The van der Waals surface area contributed by atoms with Crippen LogP contribution in [-0.4, -0.2) is 46.2 Å². The summed E-state index contributed by atoms with van der Waals surface area (Å²) < 4.78 is 13.9. The lowest BCUT2D eigenvalue weighted by Crippen LogP contribution is -2.39. The molecule has 0 aromatic heterocycles. The molecular weight excluding hydrogens is 541 g/mol. The first-order chi connectivity index (χ1) is 20.8. The third-order valence-electron chi connectivity index (χ3n) is 8.00. The van der Waals surface area contributed by atoms with Gasteiger partial charge >= 0.3 is 5.97 Å². The number of aliphatic carboxylic acids is 1. The predicted octanol–water partition coefficient (Wildman–Crippen LogP) is 6.58. The Labute approximate surface area is 251 Å². The predicted molar refractivity (Wildman–Crippen MR) is 168 cm³/mol. The zero-order chi connectivity index (χ0) is 30.3. The van der Waals surface area contributed by atoms with Gasteiger partial charge < -0.3 is 10.4 Å². The van der Waals surface area contributed by atoms with E-state index in [1.165, 1.54) is 28.8 Å². The smallest absolute Gasteiger partial charge is 0.328 e. The van der Waals surface area contributed by atoms with Crippen molar-refractivity contribution < 1.29 is 19.1 Å². The molecule has 0 bridgehead atoms. The lowest BCUT2D eigenvalue weighted by Gasteiger charge is -2.25. The van der Waals surface area contributed by atoms with Crippen molar-refractivity contribution in [3.8, 4) is 0 Å². The van der Waals surface area contributed by atoms with Gasteiger partial charge in [0.2, 0.25) is 5.91 Å². The Kier molecular flexibility index (Phi) is 9.42. The van der Waals surface area contributed by atoms with E-state index in [0.29, 0.717) is 34.6 Å². The molecule has 1 aliphatic rings. The molecule has 1 saturated heterocycles. The van der Waals surface area contributed by atoms with Gasteiger partial charge in [0.15, 0.2) is 6.04 Å². The number of carboxylic acid groups (broad SMARTS) is 1. The van der Waals surface area contributed by atoms with Gasteiger partial charge in [0.1, 0.15) is 5.82 Å². The number of benzene rings is 4. The number of rotatable bonds is 10. The van der Waals surface area contributed by atoms with Crippen LogP contribution in [0.15, 0.2) is 102 Å². The largest absolute Gasteiger partial charge is 0.480 e. The number of aliphatic imine (C=N–C) groups is 1. The van der Waals surface area contributed by atoms with Crippen LogP contribution in [0.4, 0.5) is 10.1 Å². The topological polar surface area (TPSA) is 82.0 Å². The maximum atomic E-state index is 13.9. The van der Waals surface area contributed by atoms with Crippen molar-refractivity contribution in [1.29, 1.82) is 0 Å². The number of para-hydroxylation sites is 1. The van der Waals surface area contributed by atoms with E-state index in [1.807, 2.05) is 54.6 Å². The van der Waals surface area contributed by atoms with Crippen LogP contribution in [0.1, 0.15) is 46.2 Å². The number of nitrogens with one attached hydrogen (secondary N) is 1. The molecule has 1 aliphatic heterocycles. The number of halogens is 1. The maximum absolute atomic E-state index is 13.9. The second-order valence-electron chi connectivity index (χ2n) is 11.1. The average Bonchev–Trinajstić information content (AvgIpc) is 3.46. The van der Waals surface area contributed by atoms with Gasteiger partial charge in [-0.1, -0.05) is 78.9 Å². The minimum atomic E-state index is -1.16. The monoisotopic (exact) mass is 577 g/mol. The van der Waals surface area contributed by atoms with Crippen molar-refractivity contribution in [1.82, 2.24) is 4.90 Å². The van der Waals surface area contributed by atoms with E-state index < -0.39 is 17.8 Å². The van der Waals surface area contributed by atoms with Crippen molar-refractivity contribution in [2.24, 2.45) is 4.99 Å². The Bertz CT molecular complexity index is 1640. The molecule has 1 fully saturated rings. The summed E-state index contributed by atoms with van der Waals surface area (Å²) in [5.74, 6) is -1.65. The normalized spacial score (nSPS) is 16.2. The van der Waals surface area contributed by atoms with Gasteiger partial charge in [-0.05, 0) is 73.7 Å². The quantitative estimate of drug-likeness (QED) is 0.209. The van der Waals surface area contributed by atoms with Gasteiger partial charge in [0.25, 0.3) is 0 Å². The van der Waals surface area contributed by atoms with Crippen LogP contribution < -0.4 is 5.32 Å². The lowest BCUT2D eigenvalue weighted by atomic mass is 9.98. The molecule has 1 heterocycles. The van der Waals surface area contributed by atoms with E-state index in [4.69, 9.17) is 4.99 Å². The molecule has 0 saturated carbocycles. The molecule has 2 N–H and O–H groups in total. The molecule has 1 amide bonds. The maximum Gasteiger partial charge on any atom is 0.328 e. The first-order valence-corrected chi connectivity index (χ1v) is 14.6. The molecule has 5 rings (SSSR count). The van der Waals surface area contributed by atoms with Crippen LogP contribution in [0, 0.1) is 19.7 Å². The minimum Gasteiger partial charge on any atom is -0.480 e. The summed E-state index contributed by atoms with van der Waals surface area (Å²) in [7, 11) is 0. The molecule has 43 heavy (non-hydrogen) atoms. The van der Waals surface area contributed by atoms with Gasteiger partial charge in [-0.25, -0.2) is 9.18 Å². The number of carbonyl (C=O) groups is 2. The molecule has 6 nitrogen and oxygen atoms in total. The Balaban J connectivity index is 1.44. The van der Waals surface area contributed by atoms with Crippen molar-refractivity contribution in [3.05, 3.63) is 136 Å². The second kappa shape index (κ2) is 13.6. The fourth-order valence-corrected chi connectivity index (χ4v) is 5.59. The molecule has 0 spiro atoms. The summed E-state index contributed by atoms with van der Waals surface area (Å²) in [6.07, 6.45) is 1.71. The third kappa shape index (κ3) is 7.43. The van der Waals surface area contributed by atoms with E-state index in [9.17, 15) is 19.1 Å². The number of anilines is 1. The Morgan fingerprint density at radius 2 is 1.70 bits per heavy atom. The fraction of sp³-hybridized carbons (Fsp3) is 0.250. The first-order valence-electron chi connectivity index (χ1n) is 14.6. The molecule has 4 aromatic carbocycles. The molecule has 0 unspecified atom stereocenters. The van der Waals surface area contributed by atoms with Crippen molar-refractivity contribution >= 4 is 23.3 Å². The third-order valence-corrected chi connectivity index (χ3v) is 8.00. The van der Waals surface area contributed by atoms with Crippen molar-refractivity contribution in [2.75, 3.05) is 11.9 Å². The van der Waals surface area contributed by atoms with Crippen LogP contribution in [-0.2, 0) is 22.6 Å². The number of hydrogen-bond donors (Lipinski definition) is 2. The zero-order valence-corrected chi connectivity index (χ0v) is 24.5.